The maximum absolute atomic E-state index is 12.9. The highest BCUT2D eigenvalue weighted by Gasteiger charge is 2.29. The van der Waals surface area contributed by atoms with Crippen molar-refractivity contribution in [1.29, 1.82) is 0 Å². The number of rotatable bonds is 4. The highest BCUT2D eigenvalue weighted by Crippen LogP contribution is 2.36. The molecule has 1 aromatic rings. The summed E-state index contributed by atoms with van der Waals surface area (Å²) in [5, 5.41) is 3.23. The van der Waals surface area contributed by atoms with Crippen LogP contribution in [0.4, 0.5) is 10.5 Å². The Kier molecular flexibility index (Phi) is 6.84. The number of para-hydroxylation sites is 1. The number of hydrogen-bond acceptors (Lipinski definition) is 2. The molecule has 25 heavy (non-hydrogen) atoms. The Labute approximate surface area is 159 Å². The molecular weight excluding hydrogens is 328 g/mol. The third-order valence-electron chi connectivity index (χ3n) is 5.49. The second-order valence-corrected chi connectivity index (χ2v) is 8.76. The van der Waals surface area contributed by atoms with Crippen LogP contribution in [-0.2, 0) is 0 Å². The van der Waals surface area contributed by atoms with Crippen molar-refractivity contribution < 1.29 is 4.79 Å². The van der Waals surface area contributed by atoms with Crippen molar-refractivity contribution >= 4 is 24.5 Å². The Morgan fingerprint density at radius 2 is 1.68 bits per heavy atom. The summed E-state index contributed by atoms with van der Waals surface area (Å²) in [6, 6.07) is 6.43. The van der Waals surface area contributed by atoms with Crippen LogP contribution in [0.15, 0.2) is 18.2 Å². The lowest BCUT2D eigenvalue weighted by molar-refractivity contribution is 0.213. The topological polar surface area (TPSA) is 32.3 Å². The molecule has 140 valence electrons. The van der Waals surface area contributed by atoms with Crippen molar-refractivity contribution in [3.8, 4) is 0 Å². The van der Waals surface area contributed by atoms with E-state index in [4.69, 9.17) is 0 Å². The first kappa shape index (κ1) is 20.2. The molecule has 3 atom stereocenters. The first-order valence-electron chi connectivity index (χ1n) is 9.64. The Hall–Kier alpha value is -1.16. The standard InChI is InChI=1S/C21H34N2OS/c1-13(2)17-8-7-9-18(14(3)4)20(17)23(25)21(24)22-19-11-10-15(5)12-16(19)6/h7-9,13-16,19,25H,10-12H2,1-6H3,(H,22,24). The number of carbonyl (C=O) groups is 1. The van der Waals surface area contributed by atoms with E-state index in [2.05, 4.69) is 77.9 Å². The van der Waals surface area contributed by atoms with E-state index < -0.39 is 0 Å². The van der Waals surface area contributed by atoms with Gasteiger partial charge in [-0.25, -0.2) is 9.10 Å². The zero-order chi connectivity index (χ0) is 18.7. The van der Waals surface area contributed by atoms with E-state index in [-0.39, 0.29) is 12.1 Å². The Balaban J connectivity index is 2.24. The van der Waals surface area contributed by atoms with Crippen LogP contribution in [0, 0.1) is 11.8 Å². The number of anilines is 1. The van der Waals surface area contributed by atoms with Gasteiger partial charge in [-0.1, -0.05) is 72.6 Å². The Morgan fingerprint density at radius 3 is 2.16 bits per heavy atom. The van der Waals surface area contributed by atoms with E-state index in [9.17, 15) is 4.79 Å². The maximum atomic E-state index is 12.9. The minimum Gasteiger partial charge on any atom is -0.334 e. The molecule has 0 aromatic heterocycles. The molecule has 4 heteroatoms. The summed E-state index contributed by atoms with van der Waals surface area (Å²) in [4.78, 5) is 12.9. The van der Waals surface area contributed by atoms with Gasteiger partial charge in [-0.2, -0.15) is 0 Å². The molecule has 2 amide bonds. The van der Waals surface area contributed by atoms with Crippen LogP contribution in [0.2, 0.25) is 0 Å². The maximum Gasteiger partial charge on any atom is 0.332 e. The molecule has 0 aliphatic heterocycles. The molecule has 0 spiro atoms. The van der Waals surface area contributed by atoms with E-state index in [0.717, 1.165) is 18.0 Å². The van der Waals surface area contributed by atoms with Crippen LogP contribution >= 0.6 is 12.8 Å². The van der Waals surface area contributed by atoms with Gasteiger partial charge in [-0.3, -0.25) is 0 Å². The highest BCUT2D eigenvalue weighted by molar-refractivity contribution is 7.82. The van der Waals surface area contributed by atoms with Crippen molar-refractivity contribution in [3.05, 3.63) is 29.3 Å². The van der Waals surface area contributed by atoms with E-state index in [1.165, 1.54) is 28.3 Å². The number of nitrogens with zero attached hydrogens (tertiary/aromatic N) is 1. The minimum absolute atomic E-state index is 0.107. The first-order valence-corrected chi connectivity index (χ1v) is 10.0. The number of carbonyl (C=O) groups excluding carboxylic acids is 1. The third-order valence-corrected chi connectivity index (χ3v) is 5.87. The van der Waals surface area contributed by atoms with Gasteiger partial charge < -0.3 is 5.32 Å². The van der Waals surface area contributed by atoms with Crippen LogP contribution in [0.1, 0.15) is 83.8 Å². The number of nitrogens with one attached hydrogen (secondary N) is 1. The fraction of sp³-hybridized carbons (Fsp3) is 0.667. The first-order chi connectivity index (χ1) is 11.7. The lowest BCUT2D eigenvalue weighted by atomic mass is 9.80. The van der Waals surface area contributed by atoms with Crippen molar-refractivity contribution in [2.75, 3.05) is 4.31 Å². The molecule has 2 rings (SSSR count). The molecule has 1 aliphatic carbocycles. The van der Waals surface area contributed by atoms with E-state index in [1.54, 1.807) is 0 Å². The van der Waals surface area contributed by atoms with E-state index >= 15 is 0 Å². The average Bonchev–Trinajstić information content (AvgIpc) is 2.55. The molecule has 0 radical (unpaired) electrons. The summed E-state index contributed by atoms with van der Waals surface area (Å²) in [5.74, 6) is 1.94. The van der Waals surface area contributed by atoms with Gasteiger partial charge in [-0.15, -0.1) is 0 Å². The molecule has 1 fully saturated rings. The minimum atomic E-state index is -0.107. The molecule has 1 saturated carbocycles. The van der Waals surface area contributed by atoms with Crippen LogP contribution in [0.3, 0.4) is 0 Å². The Bertz CT molecular complexity index is 573. The molecule has 0 heterocycles. The number of urea groups is 1. The van der Waals surface area contributed by atoms with Gasteiger partial charge in [-0.05, 0) is 54.1 Å². The normalized spacial score (nSPS) is 23.8. The summed E-state index contributed by atoms with van der Waals surface area (Å²) >= 11 is 4.61. The number of amides is 2. The van der Waals surface area contributed by atoms with Gasteiger partial charge in [0.1, 0.15) is 0 Å². The zero-order valence-corrected chi connectivity index (χ0v) is 17.4. The lowest BCUT2D eigenvalue weighted by Gasteiger charge is -2.34. The molecule has 1 aromatic carbocycles. The van der Waals surface area contributed by atoms with Crippen LogP contribution in [0.25, 0.3) is 0 Å². The molecule has 1 aliphatic rings. The molecule has 3 unspecified atom stereocenters. The second kappa shape index (κ2) is 8.48. The molecule has 0 saturated heterocycles. The van der Waals surface area contributed by atoms with E-state index in [0.29, 0.717) is 17.8 Å². The van der Waals surface area contributed by atoms with Gasteiger partial charge in [0.2, 0.25) is 0 Å². The van der Waals surface area contributed by atoms with Crippen LogP contribution in [-0.4, -0.2) is 12.1 Å². The average molecular weight is 363 g/mol. The van der Waals surface area contributed by atoms with Crippen molar-refractivity contribution in [2.24, 2.45) is 11.8 Å². The molecule has 0 bridgehead atoms. The Morgan fingerprint density at radius 1 is 1.12 bits per heavy atom. The number of benzene rings is 1. The molecule has 1 N–H and O–H groups in total. The lowest BCUT2D eigenvalue weighted by Crippen LogP contribution is -2.46. The summed E-state index contributed by atoms with van der Waals surface area (Å²) < 4.78 is 1.54. The highest BCUT2D eigenvalue weighted by atomic mass is 32.1. The molecular formula is C21H34N2OS. The van der Waals surface area contributed by atoms with Gasteiger partial charge in [0.25, 0.3) is 0 Å². The van der Waals surface area contributed by atoms with Gasteiger partial charge in [0.15, 0.2) is 0 Å². The van der Waals surface area contributed by atoms with E-state index in [1.807, 2.05) is 0 Å². The largest absolute Gasteiger partial charge is 0.334 e. The zero-order valence-electron chi connectivity index (χ0n) is 16.5. The number of hydrogen-bond donors (Lipinski definition) is 2. The fourth-order valence-electron chi connectivity index (χ4n) is 3.96. The summed E-state index contributed by atoms with van der Waals surface area (Å²) in [7, 11) is 0. The van der Waals surface area contributed by atoms with Crippen LogP contribution < -0.4 is 9.62 Å². The quantitative estimate of drug-likeness (QED) is 0.621. The second-order valence-electron chi connectivity index (χ2n) is 8.36. The van der Waals surface area contributed by atoms with Crippen LogP contribution in [0.5, 0.6) is 0 Å². The monoisotopic (exact) mass is 362 g/mol. The van der Waals surface area contributed by atoms with Crippen molar-refractivity contribution in [1.82, 2.24) is 5.32 Å². The smallest absolute Gasteiger partial charge is 0.332 e. The molecule has 3 nitrogen and oxygen atoms in total. The third kappa shape index (κ3) is 4.72. The van der Waals surface area contributed by atoms with Gasteiger partial charge in [0, 0.05) is 6.04 Å². The van der Waals surface area contributed by atoms with Gasteiger partial charge in [0.05, 0.1) is 5.69 Å². The SMILES string of the molecule is CC1CCC(NC(=O)N(S)c2c(C(C)C)cccc2C(C)C)C(C)C1. The summed E-state index contributed by atoms with van der Waals surface area (Å²) in [5.41, 5.74) is 3.29. The predicted octanol–water partition coefficient (Wildman–Crippen LogP) is 6.12. The van der Waals surface area contributed by atoms with Crippen molar-refractivity contribution in [3.63, 3.8) is 0 Å². The summed E-state index contributed by atoms with van der Waals surface area (Å²) in [6.45, 7) is 13.2. The predicted molar refractivity (Wildman–Crippen MR) is 111 cm³/mol. The van der Waals surface area contributed by atoms with Gasteiger partial charge >= 0.3 is 6.03 Å². The summed E-state index contributed by atoms with van der Waals surface area (Å²) in [6.07, 6.45) is 3.41. The number of thiol groups is 1. The van der Waals surface area contributed by atoms with Crippen molar-refractivity contribution in [2.45, 2.75) is 78.7 Å². The fourth-order valence-corrected chi connectivity index (χ4v) is 4.25.